The molecule has 180 valence electrons. The number of nitrogens with zero attached hydrogens (tertiary/aromatic N) is 3. The second-order valence-corrected chi connectivity index (χ2v) is 9.87. The van der Waals surface area contributed by atoms with Gasteiger partial charge in [0, 0.05) is 25.2 Å². The van der Waals surface area contributed by atoms with Crippen LogP contribution in [0.1, 0.15) is 99.0 Å². The molecule has 2 heterocycles. The van der Waals surface area contributed by atoms with Crippen LogP contribution in [0.3, 0.4) is 0 Å². The van der Waals surface area contributed by atoms with Crippen molar-refractivity contribution in [1.82, 2.24) is 25.3 Å². The average Bonchev–Trinajstić information content (AvgIpc) is 3.47. The Morgan fingerprint density at radius 3 is 2.70 bits per heavy atom. The first-order valence-corrected chi connectivity index (χ1v) is 12.6. The van der Waals surface area contributed by atoms with Crippen molar-refractivity contribution in [3.8, 4) is 0 Å². The van der Waals surface area contributed by atoms with E-state index in [1.807, 2.05) is 13.8 Å². The van der Waals surface area contributed by atoms with Gasteiger partial charge in [0.1, 0.15) is 11.2 Å². The molecule has 1 unspecified atom stereocenters. The molecule has 0 bridgehead atoms. The Balaban J connectivity index is 1.47. The van der Waals surface area contributed by atoms with Gasteiger partial charge in [0.15, 0.2) is 5.69 Å². The molecule has 3 amide bonds. The molecule has 1 saturated carbocycles. The Morgan fingerprint density at radius 1 is 1.21 bits per heavy atom. The minimum Gasteiger partial charge on any atom is -0.351 e. The van der Waals surface area contributed by atoms with Gasteiger partial charge in [-0.3, -0.25) is 19.1 Å². The zero-order valence-corrected chi connectivity index (χ0v) is 20.0. The van der Waals surface area contributed by atoms with E-state index in [0.717, 1.165) is 51.4 Å². The lowest BCUT2D eigenvalue weighted by molar-refractivity contribution is -0.133. The van der Waals surface area contributed by atoms with Crippen LogP contribution in [-0.4, -0.2) is 57.1 Å². The van der Waals surface area contributed by atoms with Crippen LogP contribution in [0.5, 0.6) is 0 Å². The van der Waals surface area contributed by atoms with Crippen LogP contribution < -0.4 is 10.6 Å². The van der Waals surface area contributed by atoms with Crippen LogP contribution in [0.4, 0.5) is 0 Å². The van der Waals surface area contributed by atoms with Crippen molar-refractivity contribution >= 4 is 17.7 Å². The molecule has 8 heteroatoms. The molecule has 1 aliphatic heterocycles. The van der Waals surface area contributed by atoms with Gasteiger partial charge in [-0.2, -0.15) is 5.10 Å². The highest BCUT2D eigenvalue weighted by molar-refractivity contribution is 6.01. The molecule has 1 fully saturated rings. The van der Waals surface area contributed by atoms with Gasteiger partial charge in [0.2, 0.25) is 5.91 Å². The van der Waals surface area contributed by atoms with Gasteiger partial charge in [-0.1, -0.05) is 31.4 Å². The fourth-order valence-electron chi connectivity index (χ4n) is 5.30. The van der Waals surface area contributed by atoms with Gasteiger partial charge in [-0.05, 0) is 58.3 Å². The number of nitrogens with one attached hydrogen (secondary N) is 2. The van der Waals surface area contributed by atoms with Crippen molar-refractivity contribution < 1.29 is 14.4 Å². The second kappa shape index (κ2) is 10.1. The molecule has 1 aromatic heterocycles. The highest BCUT2D eigenvalue weighted by atomic mass is 16.2. The van der Waals surface area contributed by atoms with Crippen molar-refractivity contribution in [2.75, 3.05) is 13.1 Å². The summed E-state index contributed by atoms with van der Waals surface area (Å²) in [5, 5.41) is 10.5. The van der Waals surface area contributed by atoms with E-state index >= 15 is 0 Å². The number of fused-ring (bicyclic) bond motifs is 1. The van der Waals surface area contributed by atoms with Crippen LogP contribution in [0.15, 0.2) is 17.7 Å². The maximum absolute atomic E-state index is 13.4. The zero-order valence-electron chi connectivity index (χ0n) is 20.0. The summed E-state index contributed by atoms with van der Waals surface area (Å²) in [6.07, 6.45) is 12.8. The summed E-state index contributed by atoms with van der Waals surface area (Å²) in [4.78, 5) is 41.1. The quantitative estimate of drug-likeness (QED) is 0.589. The third-order valence-electron chi connectivity index (χ3n) is 7.27. The smallest absolute Gasteiger partial charge is 0.273 e. The Hall–Kier alpha value is -2.64. The molecule has 33 heavy (non-hydrogen) atoms. The van der Waals surface area contributed by atoms with Gasteiger partial charge in [0.05, 0.1) is 6.54 Å². The zero-order chi connectivity index (χ0) is 23.4. The average molecular weight is 456 g/mol. The lowest BCUT2D eigenvalue weighted by Crippen LogP contribution is -2.65. The molecule has 0 spiro atoms. The maximum Gasteiger partial charge on any atom is 0.273 e. The van der Waals surface area contributed by atoms with Gasteiger partial charge in [0.25, 0.3) is 11.8 Å². The van der Waals surface area contributed by atoms with E-state index < -0.39 is 5.54 Å². The van der Waals surface area contributed by atoms with Crippen molar-refractivity contribution in [2.45, 2.75) is 96.2 Å². The minimum absolute atomic E-state index is 0.135. The molecular formula is C25H37N5O3. The first kappa shape index (κ1) is 23.5. The fourth-order valence-corrected chi connectivity index (χ4v) is 5.30. The van der Waals surface area contributed by atoms with Crippen molar-refractivity contribution in [3.05, 3.63) is 29.1 Å². The summed E-state index contributed by atoms with van der Waals surface area (Å²) >= 11 is 0. The summed E-state index contributed by atoms with van der Waals surface area (Å²) in [6.45, 7) is 5.09. The Labute approximate surface area is 196 Å². The minimum atomic E-state index is -1.03. The van der Waals surface area contributed by atoms with Gasteiger partial charge < -0.3 is 15.5 Å². The molecule has 2 aliphatic carbocycles. The van der Waals surface area contributed by atoms with Crippen molar-refractivity contribution in [2.24, 2.45) is 0 Å². The molecule has 8 nitrogen and oxygen atoms in total. The van der Waals surface area contributed by atoms with Crippen LogP contribution in [-0.2, 0) is 11.3 Å². The first-order valence-electron chi connectivity index (χ1n) is 12.6. The number of amides is 3. The standard InChI is InChI=1S/C25H37N5O3/c1-3-15-29-23(32)21-16-20(22(31)26-14-13-18-9-5-4-6-10-18)28-30(21)17-25(29,2)24(33)27-19-11-7-8-12-19/h9,16,19H,3-8,10-15,17H2,1-2H3,(H,26,31)(H,27,33). The summed E-state index contributed by atoms with van der Waals surface area (Å²) in [5.41, 5.74) is 0.971. The van der Waals surface area contributed by atoms with Crippen LogP contribution in [0.25, 0.3) is 0 Å². The molecule has 4 rings (SSSR count). The summed E-state index contributed by atoms with van der Waals surface area (Å²) in [7, 11) is 0. The van der Waals surface area contributed by atoms with E-state index in [4.69, 9.17) is 0 Å². The largest absolute Gasteiger partial charge is 0.351 e. The molecule has 0 radical (unpaired) electrons. The monoisotopic (exact) mass is 455 g/mol. The molecule has 0 aromatic carbocycles. The molecule has 2 N–H and O–H groups in total. The third-order valence-corrected chi connectivity index (χ3v) is 7.27. The number of rotatable bonds is 8. The lowest BCUT2D eigenvalue weighted by atomic mass is 9.94. The summed E-state index contributed by atoms with van der Waals surface area (Å²) in [6, 6.07) is 1.74. The van der Waals surface area contributed by atoms with E-state index in [1.165, 1.54) is 18.4 Å². The van der Waals surface area contributed by atoms with Crippen molar-refractivity contribution in [1.29, 1.82) is 0 Å². The number of carbonyl (C=O) groups excluding carboxylic acids is 3. The van der Waals surface area contributed by atoms with E-state index in [2.05, 4.69) is 21.8 Å². The SMILES string of the molecule is CCCN1C(=O)c2cc(C(=O)NCCC3=CCCCC3)nn2CC1(C)C(=O)NC1CCCC1. The number of aromatic nitrogens is 2. The Bertz CT molecular complexity index is 930. The van der Waals surface area contributed by atoms with Crippen molar-refractivity contribution in [3.63, 3.8) is 0 Å². The fraction of sp³-hybridized carbons (Fsp3) is 0.680. The van der Waals surface area contributed by atoms with E-state index in [1.54, 1.807) is 15.6 Å². The Morgan fingerprint density at radius 2 is 2.00 bits per heavy atom. The highest BCUT2D eigenvalue weighted by Crippen LogP contribution is 2.29. The van der Waals surface area contributed by atoms with E-state index in [-0.39, 0.29) is 36.0 Å². The topological polar surface area (TPSA) is 96.3 Å². The Kier molecular flexibility index (Phi) is 7.20. The van der Waals surface area contributed by atoms with Gasteiger partial charge >= 0.3 is 0 Å². The summed E-state index contributed by atoms with van der Waals surface area (Å²) in [5.74, 6) is -0.657. The van der Waals surface area contributed by atoms with Gasteiger partial charge in [-0.15, -0.1) is 0 Å². The normalized spacial score (nSPS) is 23.3. The molecule has 3 aliphatic rings. The molecule has 1 atom stereocenters. The number of hydrogen-bond acceptors (Lipinski definition) is 4. The lowest BCUT2D eigenvalue weighted by Gasteiger charge is -2.43. The van der Waals surface area contributed by atoms with Gasteiger partial charge in [-0.25, -0.2) is 0 Å². The second-order valence-electron chi connectivity index (χ2n) is 9.87. The third kappa shape index (κ3) is 4.99. The number of allylic oxidation sites excluding steroid dienone is 1. The van der Waals surface area contributed by atoms with E-state index in [9.17, 15) is 14.4 Å². The predicted molar refractivity (Wildman–Crippen MR) is 126 cm³/mol. The van der Waals surface area contributed by atoms with Crippen LogP contribution in [0, 0.1) is 0 Å². The summed E-state index contributed by atoms with van der Waals surface area (Å²) < 4.78 is 1.54. The highest BCUT2D eigenvalue weighted by Gasteiger charge is 2.48. The van der Waals surface area contributed by atoms with E-state index in [0.29, 0.717) is 18.8 Å². The van der Waals surface area contributed by atoms with Crippen LogP contribution in [0.2, 0.25) is 0 Å². The predicted octanol–water partition coefficient (Wildman–Crippen LogP) is 3.19. The molecule has 0 saturated heterocycles. The number of carbonyl (C=O) groups is 3. The number of hydrogen-bond donors (Lipinski definition) is 2. The van der Waals surface area contributed by atoms with Crippen LogP contribution >= 0.6 is 0 Å². The molecule has 1 aromatic rings. The maximum atomic E-state index is 13.4. The first-order chi connectivity index (χ1) is 15.9. The molecular weight excluding hydrogens is 418 g/mol.